The molecule has 5 heteroatoms. The first-order valence-corrected chi connectivity index (χ1v) is 9.77. The minimum Gasteiger partial charge on any atom is -0.337 e. The molecule has 0 aliphatic carbocycles. The molecule has 1 fully saturated rings. The Bertz CT molecular complexity index is 812. The minimum atomic E-state index is 0.0934. The quantitative estimate of drug-likeness (QED) is 0.764. The van der Waals surface area contributed by atoms with Gasteiger partial charge >= 0.3 is 0 Å². The van der Waals surface area contributed by atoms with E-state index in [9.17, 15) is 4.79 Å². The van der Waals surface area contributed by atoms with E-state index in [0.29, 0.717) is 0 Å². The highest BCUT2D eigenvalue weighted by molar-refractivity contribution is 5.92. The van der Waals surface area contributed by atoms with Crippen LogP contribution in [0.25, 0.3) is 6.08 Å². The van der Waals surface area contributed by atoms with Crippen molar-refractivity contribution in [2.45, 2.75) is 34.2 Å². The summed E-state index contributed by atoms with van der Waals surface area (Å²) in [6.07, 6.45) is 3.63. The summed E-state index contributed by atoms with van der Waals surface area (Å²) in [5.74, 6) is 0.0934. The van der Waals surface area contributed by atoms with E-state index in [0.717, 1.165) is 56.2 Å². The normalized spacial score (nSPS) is 15.6. The van der Waals surface area contributed by atoms with E-state index in [2.05, 4.69) is 55.0 Å². The van der Waals surface area contributed by atoms with Crippen LogP contribution in [0.4, 0.5) is 0 Å². The third-order valence-electron chi connectivity index (χ3n) is 5.41. The van der Waals surface area contributed by atoms with Gasteiger partial charge in [-0.1, -0.05) is 36.8 Å². The van der Waals surface area contributed by atoms with Crippen molar-refractivity contribution in [1.82, 2.24) is 19.6 Å². The van der Waals surface area contributed by atoms with Gasteiger partial charge in [0.1, 0.15) is 0 Å². The fraction of sp³-hybridized carbons (Fsp3) is 0.455. The largest absolute Gasteiger partial charge is 0.337 e. The van der Waals surface area contributed by atoms with Gasteiger partial charge in [-0.25, -0.2) is 0 Å². The SMILES string of the molecule is CCN1CCN(C(=O)/C=C/c2c(C)nn(Cc3ccc(C)cc3)c2C)CC1. The Morgan fingerprint density at radius 1 is 1.07 bits per heavy atom. The Morgan fingerprint density at radius 3 is 2.37 bits per heavy atom. The standard InChI is InChI=1S/C22H30N4O/c1-5-24-12-14-25(15-13-24)22(27)11-10-21-18(3)23-26(19(21)4)16-20-8-6-17(2)7-9-20/h6-11H,5,12-16H2,1-4H3/b11-10+. The van der Waals surface area contributed by atoms with E-state index >= 15 is 0 Å². The van der Waals surface area contributed by atoms with Crippen LogP contribution in [0.3, 0.4) is 0 Å². The molecule has 0 N–H and O–H groups in total. The van der Waals surface area contributed by atoms with E-state index in [1.165, 1.54) is 11.1 Å². The van der Waals surface area contributed by atoms with Gasteiger partial charge in [-0.2, -0.15) is 5.10 Å². The topological polar surface area (TPSA) is 41.4 Å². The molecule has 0 saturated carbocycles. The van der Waals surface area contributed by atoms with Crippen molar-refractivity contribution < 1.29 is 4.79 Å². The van der Waals surface area contributed by atoms with Crippen molar-refractivity contribution in [3.05, 3.63) is 58.4 Å². The number of amides is 1. The molecule has 5 nitrogen and oxygen atoms in total. The highest BCUT2D eigenvalue weighted by Crippen LogP contribution is 2.17. The number of nitrogens with zero attached hydrogens (tertiary/aromatic N) is 4. The van der Waals surface area contributed by atoms with Crippen LogP contribution in [0.5, 0.6) is 0 Å². The molecule has 0 unspecified atom stereocenters. The number of aromatic nitrogens is 2. The zero-order chi connectivity index (χ0) is 19.4. The number of hydrogen-bond donors (Lipinski definition) is 0. The molecule has 3 rings (SSSR count). The van der Waals surface area contributed by atoms with Gasteiger partial charge in [0.25, 0.3) is 0 Å². The van der Waals surface area contributed by atoms with E-state index in [-0.39, 0.29) is 5.91 Å². The Kier molecular flexibility index (Phi) is 6.11. The lowest BCUT2D eigenvalue weighted by atomic mass is 10.1. The second-order valence-electron chi connectivity index (χ2n) is 7.32. The fourth-order valence-corrected chi connectivity index (χ4v) is 3.52. The second-order valence-corrected chi connectivity index (χ2v) is 7.32. The van der Waals surface area contributed by atoms with Gasteiger partial charge in [-0.05, 0) is 39.0 Å². The van der Waals surface area contributed by atoms with E-state index in [4.69, 9.17) is 0 Å². The Hall–Kier alpha value is -2.40. The number of benzene rings is 1. The Balaban J connectivity index is 1.68. The summed E-state index contributed by atoms with van der Waals surface area (Å²) in [6, 6.07) is 8.53. The molecule has 1 aliphatic rings. The summed E-state index contributed by atoms with van der Waals surface area (Å²) >= 11 is 0. The number of hydrogen-bond acceptors (Lipinski definition) is 3. The summed E-state index contributed by atoms with van der Waals surface area (Å²) in [7, 11) is 0. The zero-order valence-corrected chi connectivity index (χ0v) is 16.9. The highest BCUT2D eigenvalue weighted by Gasteiger charge is 2.18. The minimum absolute atomic E-state index is 0.0934. The fourth-order valence-electron chi connectivity index (χ4n) is 3.52. The third kappa shape index (κ3) is 4.66. The van der Waals surface area contributed by atoms with Gasteiger partial charge in [0.05, 0.1) is 12.2 Å². The van der Waals surface area contributed by atoms with Gasteiger partial charge in [0.2, 0.25) is 5.91 Å². The summed E-state index contributed by atoms with van der Waals surface area (Å²) in [6.45, 7) is 13.7. The molecule has 2 aromatic rings. The Labute approximate surface area is 162 Å². The molecule has 0 atom stereocenters. The molecule has 0 spiro atoms. The van der Waals surface area contributed by atoms with E-state index < -0.39 is 0 Å². The van der Waals surface area contributed by atoms with Gasteiger partial charge in [0, 0.05) is 43.5 Å². The molecule has 1 aromatic heterocycles. The molecular weight excluding hydrogens is 336 g/mol. The van der Waals surface area contributed by atoms with Crippen LogP contribution in [0.1, 0.15) is 35.0 Å². The summed E-state index contributed by atoms with van der Waals surface area (Å²) < 4.78 is 2.02. The molecule has 1 amide bonds. The van der Waals surface area contributed by atoms with Crippen LogP contribution in [0.15, 0.2) is 30.3 Å². The van der Waals surface area contributed by atoms with Crippen molar-refractivity contribution in [3.63, 3.8) is 0 Å². The molecule has 1 aliphatic heterocycles. The summed E-state index contributed by atoms with van der Waals surface area (Å²) in [5, 5.41) is 4.67. The number of piperazine rings is 1. The van der Waals surface area contributed by atoms with Crippen molar-refractivity contribution in [2.24, 2.45) is 0 Å². The lowest BCUT2D eigenvalue weighted by molar-refractivity contribution is -0.127. The molecule has 27 heavy (non-hydrogen) atoms. The van der Waals surface area contributed by atoms with Gasteiger partial charge in [-0.15, -0.1) is 0 Å². The predicted molar refractivity (Wildman–Crippen MR) is 110 cm³/mol. The van der Waals surface area contributed by atoms with Crippen LogP contribution in [-0.2, 0) is 11.3 Å². The maximum absolute atomic E-state index is 12.5. The number of carbonyl (C=O) groups is 1. The monoisotopic (exact) mass is 366 g/mol. The van der Waals surface area contributed by atoms with Gasteiger partial charge < -0.3 is 9.80 Å². The van der Waals surface area contributed by atoms with Crippen molar-refractivity contribution >= 4 is 12.0 Å². The zero-order valence-electron chi connectivity index (χ0n) is 16.9. The molecule has 1 saturated heterocycles. The van der Waals surface area contributed by atoms with Crippen LogP contribution in [0, 0.1) is 20.8 Å². The number of aryl methyl sites for hydroxylation is 2. The van der Waals surface area contributed by atoms with E-state index in [1.54, 1.807) is 6.08 Å². The summed E-state index contributed by atoms with van der Waals surface area (Å²) in [4.78, 5) is 16.8. The van der Waals surface area contributed by atoms with Crippen molar-refractivity contribution in [1.29, 1.82) is 0 Å². The van der Waals surface area contributed by atoms with Crippen LogP contribution >= 0.6 is 0 Å². The van der Waals surface area contributed by atoms with Crippen LogP contribution < -0.4 is 0 Å². The number of carbonyl (C=O) groups excluding carboxylic acids is 1. The van der Waals surface area contributed by atoms with Crippen molar-refractivity contribution in [3.8, 4) is 0 Å². The first-order valence-electron chi connectivity index (χ1n) is 9.77. The molecule has 2 heterocycles. The molecule has 0 bridgehead atoms. The average Bonchev–Trinajstić information content (AvgIpc) is 2.94. The maximum Gasteiger partial charge on any atom is 0.246 e. The lowest BCUT2D eigenvalue weighted by Crippen LogP contribution is -2.48. The van der Waals surface area contributed by atoms with Gasteiger partial charge in [-0.3, -0.25) is 9.48 Å². The first kappa shape index (κ1) is 19.4. The van der Waals surface area contributed by atoms with E-state index in [1.807, 2.05) is 22.6 Å². The van der Waals surface area contributed by atoms with Crippen molar-refractivity contribution in [2.75, 3.05) is 32.7 Å². The van der Waals surface area contributed by atoms with Gasteiger partial charge in [0.15, 0.2) is 0 Å². The van der Waals surface area contributed by atoms with Crippen LogP contribution in [0.2, 0.25) is 0 Å². The molecule has 0 radical (unpaired) electrons. The second kappa shape index (κ2) is 8.53. The summed E-state index contributed by atoms with van der Waals surface area (Å²) in [5.41, 5.74) is 5.58. The molecule has 1 aromatic carbocycles. The number of likely N-dealkylation sites (N-methyl/N-ethyl adjacent to an activating group) is 1. The number of rotatable bonds is 5. The predicted octanol–water partition coefficient (Wildman–Crippen LogP) is 3.03. The third-order valence-corrected chi connectivity index (χ3v) is 5.41. The Morgan fingerprint density at radius 2 is 1.74 bits per heavy atom. The lowest BCUT2D eigenvalue weighted by Gasteiger charge is -2.33. The average molecular weight is 367 g/mol. The highest BCUT2D eigenvalue weighted by atomic mass is 16.2. The molecule has 144 valence electrons. The maximum atomic E-state index is 12.5. The molecular formula is C22H30N4O. The smallest absolute Gasteiger partial charge is 0.246 e. The first-order chi connectivity index (χ1) is 13.0. The van der Waals surface area contributed by atoms with Crippen LogP contribution in [-0.4, -0.2) is 58.2 Å².